The molecule has 0 aliphatic carbocycles. The molecule has 2 aliphatic heterocycles. The highest BCUT2D eigenvalue weighted by Crippen LogP contribution is 2.40. The van der Waals surface area contributed by atoms with Gasteiger partial charge in [-0.1, -0.05) is 84.9 Å². The lowest BCUT2D eigenvalue weighted by Gasteiger charge is -2.44. The molecule has 1 N–H and O–H groups in total. The molecule has 3 amide bonds. The van der Waals surface area contributed by atoms with Crippen LogP contribution in [0.4, 0.5) is 5.69 Å². The summed E-state index contributed by atoms with van der Waals surface area (Å²) < 4.78 is 10.7. The predicted molar refractivity (Wildman–Crippen MR) is 185 cm³/mol. The number of nitrogens with one attached hydrogen (secondary N) is 1. The number of ether oxygens (including phenoxy) is 2. The van der Waals surface area contributed by atoms with Crippen LogP contribution >= 0.6 is 0 Å². The Bertz CT molecular complexity index is 1670. The minimum atomic E-state index is -0.840. The average molecular weight is 647 g/mol. The zero-order valence-corrected chi connectivity index (χ0v) is 27.5. The highest BCUT2D eigenvalue weighted by Gasteiger charge is 2.54. The van der Waals surface area contributed by atoms with E-state index in [2.05, 4.69) is 10.2 Å². The van der Waals surface area contributed by atoms with Gasteiger partial charge < -0.3 is 29.5 Å². The summed E-state index contributed by atoms with van der Waals surface area (Å²) in [4.78, 5) is 47.2. The molecule has 1 spiro atoms. The number of benzene rings is 4. The maximum Gasteiger partial charge on any atom is 0.250 e. The van der Waals surface area contributed by atoms with Crippen molar-refractivity contribution in [3.63, 3.8) is 0 Å². The molecular weight excluding hydrogens is 604 g/mol. The normalized spacial score (nSPS) is 15.6. The summed E-state index contributed by atoms with van der Waals surface area (Å²) in [7, 11) is 3.19. The van der Waals surface area contributed by atoms with Gasteiger partial charge in [0.05, 0.1) is 26.8 Å². The number of para-hydroxylation sites is 1. The molecule has 0 bridgehead atoms. The van der Waals surface area contributed by atoms with Crippen molar-refractivity contribution in [1.82, 2.24) is 15.1 Å². The number of hydrogen-bond acceptors (Lipinski definition) is 6. The van der Waals surface area contributed by atoms with Crippen LogP contribution in [-0.2, 0) is 20.8 Å². The number of carbonyl (C=O) groups is 3. The first-order valence-electron chi connectivity index (χ1n) is 16.4. The second-order valence-corrected chi connectivity index (χ2v) is 12.3. The molecule has 0 saturated carbocycles. The Balaban J connectivity index is 1.14. The Labute approximate surface area is 282 Å². The summed E-state index contributed by atoms with van der Waals surface area (Å²) >= 11 is 0. The minimum absolute atomic E-state index is 0.0321. The van der Waals surface area contributed by atoms with Gasteiger partial charge in [-0.15, -0.1) is 0 Å². The van der Waals surface area contributed by atoms with Crippen molar-refractivity contribution in [3.05, 3.63) is 126 Å². The van der Waals surface area contributed by atoms with Gasteiger partial charge in [-0.2, -0.15) is 0 Å². The Hall–Kier alpha value is -5.31. The number of anilines is 1. The van der Waals surface area contributed by atoms with Gasteiger partial charge in [-0.05, 0) is 60.2 Å². The molecule has 248 valence electrons. The van der Waals surface area contributed by atoms with Crippen LogP contribution in [0.2, 0.25) is 0 Å². The van der Waals surface area contributed by atoms with E-state index in [1.165, 1.54) is 0 Å². The zero-order chi connectivity index (χ0) is 33.5. The number of likely N-dealkylation sites (tertiary alicyclic amines) is 1. The third-order valence-electron chi connectivity index (χ3n) is 9.52. The molecular formula is C39H42N4O5. The standard InChI is InChI=1S/C39H42N4O5/c1-47-33-19-18-29(26-34(33)48-2)20-23-40-35(44)27-42-28-43(32-16-10-5-11-17-32)39(38(42)46)21-24-41(25-22-39)37(45)36(30-12-6-3-7-13-30)31-14-8-4-9-15-31/h3-19,26,36H,20-25,27-28H2,1-2H3,(H,40,44). The molecule has 0 aromatic heterocycles. The van der Waals surface area contributed by atoms with Gasteiger partial charge in [0, 0.05) is 25.3 Å². The van der Waals surface area contributed by atoms with E-state index in [0.717, 1.165) is 22.4 Å². The number of piperidine rings is 1. The Morgan fingerprint density at radius 3 is 1.96 bits per heavy atom. The van der Waals surface area contributed by atoms with Crippen LogP contribution in [0, 0.1) is 0 Å². The fourth-order valence-electron chi connectivity index (χ4n) is 6.98. The van der Waals surface area contributed by atoms with E-state index in [1.807, 2.05) is 114 Å². The van der Waals surface area contributed by atoms with Gasteiger partial charge in [0.1, 0.15) is 12.1 Å². The maximum atomic E-state index is 14.3. The van der Waals surface area contributed by atoms with E-state index in [1.54, 1.807) is 19.1 Å². The number of rotatable bonds is 11. The summed E-state index contributed by atoms with van der Waals surface area (Å²) in [5, 5.41) is 2.98. The first-order chi connectivity index (χ1) is 23.4. The predicted octanol–water partition coefficient (Wildman–Crippen LogP) is 4.86. The Morgan fingerprint density at radius 1 is 0.792 bits per heavy atom. The lowest BCUT2D eigenvalue weighted by molar-refractivity contribution is -0.140. The second-order valence-electron chi connectivity index (χ2n) is 12.3. The maximum absolute atomic E-state index is 14.3. The largest absolute Gasteiger partial charge is 0.493 e. The van der Waals surface area contributed by atoms with E-state index in [-0.39, 0.29) is 24.3 Å². The molecule has 2 heterocycles. The lowest BCUT2D eigenvalue weighted by atomic mass is 9.83. The van der Waals surface area contributed by atoms with E-state index in [4.69, 9.17) is 9.47 Å². The van der Waals surface area contributed by atoms with Crippen molar-refractivity contribution in [2.24, 2.45) is 0 Å². The number of carbonyl (C=O) groups excluding carboxylic acids is 3. The van der Waals surface area contributed by atoms with Crippen LogP contribution in [-0.4, -0.2) is 80.1 Å². The Kier molecular flexibility index (Phi) is 9.94. The molecule has 2 aliphatic rings. The summed E-state index contributed by atoms with van der Waals surface area (Å²) in [6.07, 6.45) is 1.55. The van der Waals surface area contributed by atoms with Crippen LogP contribution in [0.5, 0.6) is 11.5 Å². The van der Waals surface area contributed by atoms with Crippen LogP contribution in [0.3, 0.4) is 0 Å². The molecule has 6 rings (SSSR count). The van der Waals surface area contributed by atoms with Crippen molar-refractivity contribution in [2.75, 3.05) is 52.0 Å². The third-order valence-corrected chi connectivity index (χ3v) is 9.52. The smallest absolute Gasteiger partial charge is 0.250 e. The quantitative estimate of drug-likeness (QED) is 0.250. The van der Waals surface area contributed by atoms with Crippen molar-refractivity contribution >= 4 is 23.4 Å². The molecule has 4 aromatic carbocycles. The highest BCUT2D eigenvalue weighted by atomic mass is 16.5. The monoisotopic (exact) mass is 646 g/mol. The molecule has 2 fully saturated rings. The topological polar surface area (TPSA) is 91.4 Å². The number of nitrogens with zero attached hydrogens (tertiary/aromatic N) is 3. The minimum Gasteiger partial charge on any atom is -0.493 e. The van der Waals surface area contributed by atoms with E-state index in [9.17, 15) is 14.4 Å². The van der Waals surface area contributed by atoms with Crippen LogP contribution in [0.25, 0.3) is 0 Å². The van der Waals surface area contributed by atoms with Crippen LogP contribution in [0.1, 0.15) is 35.4 Å². The van der Waals surface area contributed by atoms with Gasteiger partial charge >= 0.3 is 0 Å². The fourth-order valence-corrected chi connectivity index (χ4v) is 6.98. The van der Waals surface area contributed by atoms with Crippen molar-refractivity contribution in [2.45, 2.75) is 30.7 Å². The van der Waals surface area contributed by atoms with E-state index < -0.39 is 11.5 Å². The summed E-state index contributed by atoms with van der Waals surface area (Å²) in [6, 6.07) is 35.3. The first-order valence-corrected chi connectivity index (χ1v) is 16.4. The van der Waals surface area contributed by atoms with E-state index >= 15 is 0 Å². The molecule has 9 nitrogen and oxygen atoms in total. The SMILES string of the molecule is COc1ccc(CCNC(=O)CN2CN(c3ccccc3)C3(CCN(C(=O)C(c4ccccc4)c4ccccc4)CC3)C2=O)cc1OC. The van der Waals surface area contributed by atoms with Gasteiger partial charge in [0.15, 0.2) is 11.5 Å². The van der Waals surface area contributed by atoms with Crippen molar-refractivity contribution in [3.8, 4) is 11.5 Å². The molecule has 0 atom stereocenters. The Morgan fingerprint density at radius 2 is 1.38 bits per heavy atom. The highest BCUT2D eigenvalue weighted by molar-refractivity contribution is 5.96. The number of amides is 3. The fraction of sp³-hybridized carbons (Fsp3) is 0.308. The second kappa shape index (κ2) is 14.6. The van der Waals surface area contributed by atoms with Crippen molar-refractivity contribution < 1.29 is 23.9 Å². The van der Waals surface area contributed by atoms with Crippen LogP contribution in [0.15, 0.2) is 109 Å². The van der Waals surface area contributed by atoms with Gasteiger partial charge in [0.25, 0.3) is 5.91 Å². The zero-order valence-electron chi connectivity index (χ0n) is 27.5. The molecule has 2 saturated heterocycles. The summed E-state index contributed by atoms with van der Waals surface area (Å²) in [6.45, 7) is 1.56. The lowest BCUT2D eigenvalue weighted by Crippen LogP contribution is -2.58. The molecule has 4 aromatic rings. The van der Waals surface area contributed by atoms with E-state index in [0.29, 0.717) is 57.1 Å². The summed E-state index contributed by atoms with van der Waals surface area (Å²) in [5.41, 5.74) is 2.98. The average Bonchev–Trinajstić information content (AvgIpc) is 3.39. The third kappa shape index (κ3) is 6.72. The first kappa shape index (κ1) is 32.6. The summed E-state index contributed by atoms with van der Waals surface area (Å²) in [5.74, 6) is 0.608. The molecule has 48 heavy (non-hydrogen) atoms. The van der Waals surface area contributed by atoms with Crippen molar-refractivity contribution in [1.29, 1.82) is 0 Å². The molecule has 0 radical (unpaired) electrons. The van der Waals surface area contributed by atoms with Gasteiger partial charge in [0.2, 0.25) is 11.8 Å². The number of hydrogen-bond donors (Lipinski definition) is 1. The van der Waals surface area contributed by atoms with Crippen LogP contribution < -0.4 is 19.7 Å². The molecule has 0 unspecified atom stereocenters. The molecule has 9 heteroatoms. The number of methoxy groups -OCH3 is 2. The van der Waals surface area contributed by atoms with Gasteiger partial charge in [-0.25, -0.2) is 0 Å². The van der Waals surface area contributed by atoms with Gasteiger partial charge in [-0.3, -0.25) is 14.4 Å².